The monoisotopic (exact) mass is 272 g/mol. The van der Waals surface area contributed by atoms with Crippen molar-refractivity contribution in [3.05, 3.63) is 29.1 Å². The number of fused-ring (bicyclic) bond motifs is 1. The molecule has 0 aliphatic heterocycles. The van der Waals surface area contributed by atoms with E-state index < -0.39 is 0 Å². The Labute approximate surface area is 111 Å². The van der Waals surface area contributed by atoms with Gasteiger partial charge in [0.1, 0.15) is 16.0 Å². The maximum Gasteiger partial charge on any atom is 0.130 e. The van der Waals surface area contributed by atoms with E-state index in [1.165, 1.54) is 22.7 Å². The summed E-state index contributed by atoms with van der Waals surface area (Å²) in [5.74, 6) is 0. The normalized spacial score (nSPS) is 10.6. The van der Waals surface area contributed by atoms with Gasteiger partial charge >= 0.3 is 0 Å². The van der Waals surface area contributed by atoms with Gasteiger partial charge in [0.05, 0.1) is 26.5 Å². The molecule has 0 atom stereocenters. The highest BCUT2D eigenvalue weighted by molar-refractivity contribution is 7.23. The lowest BCUT2D eigenvalue weighted by Gasteiger charge is -1.95. The molecule has 0 aliphatic rings. The van der Waals surface area contributed by atoms with Crippen molar-refractivity contribution >= 4 is 43.6 Å². The van der Waals surface area contributed by atoms with E-state index in [4.69, 9.17) is 16.7 Å². The summed E-state index contributed by atoms with van der Waals surface area (Å²) < 4.78 is 1.08. The summed E-state index contributed by atoms with van der Waals surface area (Å²) in [5, 5.41) is 10.3. The number of nitriles is 1. The van der Waals surface area contributed by atoms with Crippen molar-refractivity contribution in [2.75, 3.05) is 11.5 Å². The van der Waals surface area contributed by atoms with Gasteiger partial charge in [0, 0.05) is 0 Å². The zero-order valence-corrected chi connectivity index (χ0v) is 10.8. The fourth-order valence-electron chi connectivity index (χ4n) is 1.75. The van der Waals surface area contributed by atoms with Gasteiger partial charge in [0.25, 0.3) is 0 Å². The predicted octanol–water partition coefficient (Wildman–Crippen LogP) is 3.06. The molecule has 6 heteroatoms. The van der Waals surface area contributed by atoms with Crippen LogP contribution in [0.5, 0.6) is 0 Å². The van der Waals surface area contributed by atoms with Crippen LogP contribution in [-0.2, 0) is 0 Å². The van der Waals surface area contributed by atoms with E-state index in [9.17, 15) is 0 Å². The molecule has 18 heavy (non-hydrogen) atoms. The molecule has 1 aromatic carbocycles. The number of nitrogen functional groups attached to an aromatic ring is 2. The summed E-state index contributed by atoms with van der Waals surface area (Å²) >= 11 is 2.73. The molecular weight excluding hydrogens is 264 g/mol. The Morgan fingerprint density at radius 3 is 2.61 bits per heavy atom. The summed E-state index contributed by atoms with van der Waals surface area (Å²) in [4.78, 5) is 4.95. The lowest BCUT2D eigenvalue weighted by Crippen LogP contribution is -1.90. The zero-order chi connectivity index (χ0) is 12.7. The average Bonchev–Trinajstić information content (AvgIpc) is 2.89. The first-order valence-corrected chi connectivity index (χ1v) is 6.78. The van der Waals surface area contributed by atoms with E-state index in [0.29, 0.717) is 21.1 Å². The number of thiazole rings is 1. The summed E-state index contributed by atoms with van der Waals surface area (Å²) in [5.41, 5.74) is 13.9. The Morgan fingerprint density at radius 1 is 1.17 bits per heavy atom. The zero-order valence-electron chi connectivity index (χ0n) is 9.18. The molecule has 0 amide bonds. The third kappa shape index (κ3) is 1.53. The van der Waals surface area contributed by atoms with Gasteiger partial charge in [0.15, 0.2) is 0 Å². The summed E-state index contributed by atoms with van der Waals surface area (Å²) in [6, 6.07) is 9.90. The van der Waals surface area contributed by atoms with Gasteiger partial charge in [-0.3, -0.25) is 0 Å². The Morgan fingerprint density at radius 2 is 1.94 bits per heavy atom. The van der Waals surface area contributed by atoms with Crippen LogP contribution in [0.4, 0.5) is 10.7 Å². The molecule has 0 fully saturated rings. The fraction of sp³-hybridized carbons (Fsp3) is 0. The molecule has 0 saturated heterocycles. The van der Waals surface area contributed by atoms with Crippen molar-refractivity contribution < 1.29 is 0 Å². The summed E-state index contributed by atoms with van der Waals surface area (Å²) in [6.07, 6.45) is 0. The second kappa shape index (κ2) is 3.98. The number of benzene rings is 1. The highest BCUT2D eigenvalue weighted by Gasteiger charge is 2.18. The summed E-state index contributed by atoms with van der Waals surface area (Å²) in [6.45, 7) is 0. The third-order valence-corrected chi connectivity index (χ3v) is 4.57. The molecule has 0 spiro atoms. The highest BCUT2D eigenvalue weighted by Crippen LogP contribution is 2.43. The molecule has 0 unspecified atom stereocenters. The first-order chi connectivity index (χ1) is 8.70. The maximum atomic E-state index is 8.95. The van der Waals surface area contributed by atoms with Crippen LogP contribution < -0.4 is 11.5 Å². The standard InChI is InChI=1S/C12H8N4S2/c13-5-8-10(14)9(11(15)17-8)12-16-6-3-1-2-4-7(6)18-12/h1-4H,14-15H2. The molecule has 88 valence electrons. The molecule has 3 rings (SSSR count). The molecule has 0 radical (unpaired) electrons. The van der Waals surface area contributed by atoms with Gasteiger partial charge in [-0.2, -0.15) is 5.26 Å². The van der Waals surface area contributed by atoms with Crippen molar-refractivity contribution in [1.82, 2.24) is 4.98 Å². The quantitative estimate of drug-likeness (QED) is 0.712. The molecular formula is C12H8N4S2. The van der Waals surface area contributed by atoms with Gasteiger partial charge in [-0.15, -0.1) is 22.7 Å². The van der Waals surface area contributed by atoms with Crippen molar-refractivity contribution in [1.29, 1.82) is 5.26 Å². The topological polar surface area (TPSA) is 88.7 Å². The van der Waals surface area contributed by atoms with Crippen molar-refractivity contribution in [3.63, 3.8) is 0 Å². The molecule has 4 N–H and O–H groups in total. The van der Waals surface area contributed by atoms with Crippen LogP contribution in [0, 0.1) is 11.3 Å². The number of para-hydroxylation sites is 1. The van der Waals surface area contributed by atoms with Gasteiger partial charge in [-0.05, 0) is 12.1 Å². The third-order valence-electron chi connectivity index (χ3n) is 2.58. The van der Waals surface area contributed by atoms with Gasteiger partial charge < -0.3 is 11.5 Å². The Hall–Kier alpha value is -2.10. The van der Waals surface area contributed by atoms with E-state index >= 15 is 0 Å². The van der Waals surface area contributed by atoms with E-state index in [0.717, 1.165) is 15.2 Å². The minimum Gasteiger partial charge on any atom is -0.396 e. The molecule has 0 saturated carbocycles. The highest BCUT2D eigenvalue weighted by atomic mass is 32.1. The molecule has 0 bridgehead atoms. The number of anilines is 2. The number of thiophene rings is 1. The Kier molecular flexibility index (Phi) is 2.44. The number of hydrogen-bond acceptors (Lipinski definition) is 6. The smallest absolute Gasteiger partial charge is 0.130 e. The van der Waals surface area contributed by atoms with Crippen molar-refractivity contribution in [3.8, 4) is 16.6 Å². The maximum absolute atomic E-state index is 8.95. The van der Waals surface area contributed by atoms with Gasteiger partial charge in [-0.25, -0.2) is 4.98 Å². The van der Waals surface area contributed by atoms with Crippen LogP contribution in [0.1, 0.15) is 4.88 Å². The lowest BCUT2D eigenvalue weighted by molar-refractivity contribution is 1.48. The van der Waals surface area contributed by atoms with Gasteiger partial charge in [-0.1, -0.05) is 12.1 Å². The minimum absolute atomic E-state index is 0.430. The number of hydrogen-bond donors (Lipinski definition) is 2. The van der Waals surface area contributed by atoms with Gasteiger partial charge in [0.2, 0.25) is 0 Å². The number of aromatic nitrogens is 1. The predicted molar refractivity (Wildman–Crippen MR) is 76.5 cm³/mol. The van der Waals surface area contributed by atoms with Crippen LogP contribution in [0.2, 0.25) is 0 Å². The minimum atomic E-state index is 0.430. The molecule has 2 aromatic heterocycles. The number of rotatable bonds is 1. The fourth-order valence-corrected chi connectivity index (χ4v) is 3.64. The van der Waals surface area contributed by atoms with Crippen LogP contribution in [0.15, 0.2) is 24.3 Å². The van der Waals surface area contributed by atoms with Crippen molar-refractivity contribution in [2.24, 2.45) is 0 Å². The van der Waals surface area contributed by atoms with Crippen LogP contribution in [-0.4, -0.2) is 4.98 Å². The SMILES string of the molecule is N#Cc1sc(N)c(-c2nc3ccccc3s2)c1N. The second-order valence-electron chi connectivity index (χ2n) is 3.68. The molecule has 4 nitrogen and oxygen atoms in total. The summed E-state index contributed by atoms with van der Waals surface area (Å²) in [7, 11) is 0. The molecule has 0 aliphatic carbocycles. The second-order valence-corrected chi connectivity index (χ2v) is 5.77. The van der Waals surface area contributed by atoms with E-state index in [-0.39, 0.29) is 0 Å². The average molecular weight is 272 g/mol. The van der Waals surface area contributed by atoms with Crippen molar-refractivity contribution in [2.45, 2.75) is 0 Å². The van der Waals surface area contributed by atoms with E-state index in [1.807, 2.05) is 24.3 Å². The van der Waals surface area contributed by atoms with Crippen LogP contribution >= 0.6 is 22.7 Å². The van der Waals surface area contributed by atoms with Crippen LogP contribution in [0.25, 0.3) is 20.8 Å². The van der Waals surface area contributed by atoms with E-state index in [2.05, 4.69) is 11.1 Å². The lowest BCUT2D eigenvalue weighted by atomic mass is 10.2. The first-order valence-electron chi connectivity index (χ1n) is 5.14. The van der Waals surface area contributed by atoms with Crippen LogP contribution in [0.3, 0.4) is 0 Å². The van der Waals surface area contributed by atoms with E-state index in [1.54, 1.807) is 0 Å². The Bertz CT molecular complexity index is 746. The molecule has 3 aromatic rings. The Balaban J connectivity index is 2.26. The number of nitrogens with two attached hydrogens (primary N) is 2. The first kappa shape index (κ1) is 11.0. The number of nitrogens with zero attached hydrogens (tertiary/aromatic N) is 2. The molecule has 2 heterocycles. The largest absolute Gasteiger partial charge is 0.396 e.